The summed E-state index contributed by atoms with van der Waals surface area (Å²) >= 11 is 0. The van der Waals surface area contributed by atoms with Gasteiger partial charge in [-0.3, -0.25) is 9.78 Å². The lowest BCUT2D eigenvalue weighted by atomic mass is 10.0. The minimum absolute atomic E-state index is 0.0790. The van der Waals surface area contributed by atoms with Crippen LogP contribution in [0.2, 0.25) is 0 Å². The Balaban J connectivity index is 1.93. The molecule has 0 aliphatic carbocycles. The van der Waals surface area contributed by atoms with Crippen molar-refractivity contribution in [1.82, 2.24) is 9.88 Å². The molecular weight excluding hydrogens is 242 g/mol. The Morgan fingerprint density at radius 3 is 3.11 bits per heavy atom. The molecule has 0 aromatic carbocycles. The van der Waals surface area contributed by atoms with Crippen molar-refractivity contribution in [3.63, 3.8) is 0 Å². The van der Waals surface area contributed by atoms with Gasteiger partial charge in [0.15, 0.2) is 0 Å². The maximum absolute atomic E-state index is 11.8. The van der Waals surface area contributed by atoms with Crippen LogP contribution in [0.3, 0.4) is 0 Å². The number of rotatable bonds is 4. The molecule has 0 spiro atoms. The highest BCUT2D eigenvalue weighted by Gasteiger charge is 2.14. The number of nitrogens with zero attached hydrogens (tertiary/aromatic N) is 2. The topological polar surface area (TPSA) is 54.5 Å². The van der Waals surface area contributed by atoms with Crippen molar-refractivity contribution in [3.05, 3.63) is 24.0 Å². The van der Waals surface area contributed by atoms with Gasteiger partial charge >= 0.3 is 0 Å². The lowest BCUT2D eigenvalue weighted by molar-refractivity contribution is 0.0595. The fraction of sp³-hybridized carbons (Fsp3) is 0.571. The Labute approximate surface area is 114 Å². The molecule has 2 heterocycles. The van der Waals surface area contributed by atoms with Gasteiger partial charge < -0.3 is 15.0 Å². The molecule has 1 amide bonds. The maximum atomic E-state index is 11.8. The third kappa shape index (κ3) is 3.92. The Kier molecular flexibility index (Phi) is 4.74. The first kappa shape index (κ1) is 13.8. The van der Waals surface area contributed by atoms with E-state index in [1.807, 2.05) is 6.07 Å². The minimum Gasteiger partial charge on any atom is -0.385 e. The molecule has 5 nitrogen and oxygen atoms in total. The molecule has 1 aromatic heterocycles. The molecule has 1 aromatic rings. The number of ether oxygens (including phenoxy) is 1. The number of hydrogen-bond acceptors (Lipinski definition) is 4. The van der Waals surface area contributed by atoms with Crippen LogP contribution in [0.5, 0.6) is 0 Å². The molecule has 1 aliphatic heterocycles. The van der Waals surface area contributed by atoms with E-state index >= 15 is 0 Å². The predicted molar refractivity (Wildman–Crippen MR) is 74.3 cm³/mol. The molecule has 1 N–H and O–H groups in total. The Morgan fingerprint density at radius 2 is 2.42 bits per heavy atom. The van der Waals surface area contributed by atoms with Crippen LogP contribution in [0.15, 0.2) is 18.3 Å². The van der Waals surface area contributed by atoms with Crippen molar-refractivity contribution in [3.8, 4) is 0 Å². The zero-order valence-electron chi connectivity index (χ0n) is 11.6. The summed E-state index contributed by atoms with van der Waals surface area (Å²) in [7, 11) is 3.45. The van der Waals surface area contributed by atoms with Crippen LogP contribution < -0.4 is 5.32 Å². The van der Waals surface area contributed by atoms with E-state index < -0.39 is 0 Å². The zero-order valence-corrected chi connectivity index (χ0v) is 11.6. The molecule has 1 saturated heterocycles. The highest BCUT2D eigenvalue weighted by molar-refractivity contribution is 5.92. The van der Waals surface area contributed by atoms with Gasteiger partial charge in [-0.2, -0.15) is 0 Å². The van der Waals surface area contributed by atoms with Crippen LogP contribution in [0.1, 0.15) is 23.3 Å². The van der Waals surface area contributed by atoms with Gasteiger partial charge in [-0.1, -0.05) is 0 Å². The molecule has 104 valence electrons. The second kappa shape index (κ2) is 6.52. The van der Waals surface area contributed by atoms with Crippen LogP contribution >= 0.6 is 0 Å². The normalized spacial score (nSPS) is 18.9. The fourth-order valence-electron chi connectivity index (χ4n) is 2.12. The number of carbonyl (C=O) groups excluding carboxylic acids is 1. The van der Waals surface area contributed by atoms with Gasteiger partial charge in [-0.15, -0.1) is 0 Å². The Hall–Kier alpha value is -1.62. The van der Waals surface area contributed by atoms with E-state index in [2.05, 4.69) is 10.3 Å². The van der Waals surface area contributed by atoms with Crippen LogP contribution in [0.4, 0.5) is 5.69 Å². The van der Waals surface area contributed by atoms with E-state index in [0.717, 1.165) is 31.9 Å². The molecule has 19 heavy (non-hydrogen) atoms. The standard InChI is InChI=1S/C14H21N3O2/c1-17(2)14(18)13-8-12(5-6-15-13)16-9-11-4-3-7-19-10-11/h5-6,8,11H,3-4,7,9-10H2,1-2H3,(H,15,16). The SMILES string of the molecule is CN(C)C(=O)c1cc(NCC2CCCOC2)ccn1. The van der Waals surface area contributed by atoms with E-state index in [4.69, 9.17) is 4.74 Å². The maximum Gasteiger partial charge on any atom is 0.272 e. The Morgan fingerprint density at radius 1 is 1.58 bits per heavy atom. The van der Waals surface area contributed by atoms with Crippen molar-refractivity contribution in [2.75, 3.05) is 39.2 Å². The van der Waals surface area contributed by atoms with E-state index in [-0.39, 0.29) is 5.91 Å². The zero-order chi connectivity index (χ0) is 13.7. The quantitative estimate of drug-likeness (QED) is 0.897. The summed E-state index contributed by atoms with van der Waals surface area (Å²) < 4.78 is 5.45. The van der Waals surface area contributed by atoms with Crippen molar-refractivity contribution in [2.45, 2.75) is 12.8 Å². The van der Waals surface area contributed by atoms with Gasteiger partial charge in [0.1, 0.15) is 5.69 Å². The Bertz CT molecular complexity index is 428. The van der Waals surface area contributed by atoms with Crippen molar-refractivity contribution >= 4 is 11.6 Å². The highest BCUT2D eigenvalue weighted by Crippen LogP contribution is 2.15. The molecule has 1 fully saturated rings. The first-order valence-corrected chi connectivity index (χ1v) is 6.66. The van der Waals surface area contributed by atoms with Gasteiger partial charge in [0, 0.05) is 39.1 Å². The monoisotopic (exact) mass is 263 g/mol. The first-order chi connectivity index (χ1) is 9.16. The first-order valence-electron chi connectivity index (χ1n) is 6.66. The fourth-order valence-corrected chi connectivity index (χ4v) is 2.12. The average molecular weight is 263 g/mol. The van der Waals surface area contributed by atoms with E-state index in [9.17, 15) is 4.79 Å². The number of anilines is 1. The number of amides is 1. The molecule has 5 heteroatoms. The van der Waals surface area contributed by atoms with Crippen LogP contribution in [-0.2, 0) is 4.74 Å². The van der Waals surface area contributed by atoms with Crippen molar-refractivity contribution in [1.29, 1.82) is 0 Å². The van der Waals surface area contributed by atoms with Crippen LogP contribution in [0.25, 0.3) is 0 Å². The third-order valence-electron chi connectivity index (χ3n) is 3.23. The number of aromatic nitrogens is 1. The number of pyridine rings is 1. The van der Waals surface area contributed by atoms with E-state index in [0.29, 0.717) is 11.6 Å². The lowest BCUT2D eigenvalue weighted by Crippen LogP contribution is -2.25. The summed E-state index contributed by atoms with van der Waals surface area (Å²) in [6.45, 7) is 2.58. The molecule has 1 unspecified atom stereocenters. The molecule has 0 bridgehead atoms. The van der Waals surface area contributed by atoms with Gasteiger partial charge in [-0.05, 0) is 30.9 Å². The molecule has 1 atom stereocenters. The number of hydrogen-bond donors (Lipinski definition) is 1. The predicted octanol–water partition coefficient (Wildman–Crippen LogP) is 1.62. The van der Waals surface area contributed by atoms with Crippen molar-refractivity contribution in [2.24, 2.45) is 5.92 Å². The van der Waals surface area contributed by atoms with Crippen LogP contribution in [0, 0.1) is 5.92 Å². The second-order valence-corrected chi connectivity index (χ2v) is 5.09. The van der Waals surface area contributed by atoms with Crippen LogP contribution in [-0.4, -0.2) is 49.6 Å². The molecule has 0 saturated carbocycles. The van der Waals surface area contributed by atoms with E-state index in [1.165, 1.54) is 11.3 Å². The molecule has 2 rings (SSSR count). The summed E-state index contributed by atoms with van der Waals surface area (Å²) in [6.07, 6.45) is 3.99. The smallest absolute Gasteiger partial charge is 0.272 e. The van der Waals surface area contributed by atoms with Gasteiger partial charge in [0.05, 0.1) is 6.61 Å². The summed E-state index contributed by atoms with van der Waals surface area (Å²) in [5.41, 5.74) is 1.40. The second-order valence-electron chi connectivity index (χ2n) is 5.09. The van der Waals surface area contributed by atoms with Crippen molar-refractivity contribution < 1.29 is 9.53 Å². The highest BCUT2D eigenvalue weighted by atomic mass is 16.5. The lowest BCUT2D eigenvalue weighted by Gasteiger charge is -2.22. The van der Waals surface area contributed by atoms with E-state index in [1.54, 1.807) is 26.4 Å². The molecular formula is C14H21N3O2. The third-order valence-corrected chi connectivity index (χ3v) is 3.23. The summed E-state index contributed by atoms with van der Waals surface area (Å²) in [6, 6.07) is 3.68. The summed E-state index contributed by atoms with van der Waals surface area (Å²) in [5, 5.41) is 3.36. The average Bonchev–Trinajstić information content (AvgIpc) is 2.45. The largest absolute Gasteiger partial charge is 0.385 e. The minimum atomic E-state index is -0.0790. The van der Waals surface area contributed by atoms with Gasteiger partial charge in [0.2, 0.25) is 0 Å². The molecule has 1 aliphatic rings. The number of carbonyl (C=O) groups is 1. The summed E-state index contributed by atoms with van der Waals surface area (Å²) in [4.78, 5) is 17.4. The van der Waals surface area contributed by atoms with Gasteiger partial charge in [0.25, 0.3) is 5.91 Å². The summed E-state index contributed by atoms with van der Waals surface area (Å²) in [5.74, 6) is 0.472. The molecule has 0 radical (unpaired) electrons. The number of nitrogens with one attached hydrogen (secondary N) is 1. The van der Waals surface area contributed by atoms with Gasteiger partial charge in [-0.25, -0.2) is 0 Å².